The number of rotatable bonds is 4. The van der Waals surface area contributed by atoms with Crippen molar-refractivity contribution in [2.45, 2.75) is 18.9 Å². The van der Waals surface area contributed by atoms with Crippen LogP contribution in [-0.4, -0.2) is 19.4 Å². The molecule has 1 fully saturated rings. The molecule has 7 heteroatoms. The van der Waals surface area contributed by atoms with E-state index in [2.05, 4.69) is 30.4 Å². The largest absolute Gasteiger partial charge is 0.300 e. The van der Waals surface area contributed by atoms with Crippen molar-refractivity contribution in [3.63, 3.8) is 0 Å². The van der Waals surface area contributed by atoms with Gasteiger partial charge in [-0.2, -0.15) is 13.1 Å². The Bertz CT molecular complexity index is 441. The van der Waals surface area contributed by atoms with Crippen LogP contribution >= 0.6 is 15.9 Å². The lowest BCUT2D eigenvalue weighted by Gasteiger charge is -2.07. The summed E-state index contributed by atoms with van der Waals surface area (Å²) in [5, 5.41) is 0. The van der Waals surface area contributed by atoms with Crippen molar-refractivity contribution in [1.82, 2.24) is 9.71 Å². The molecule has 2 rings (SSSR count). The van der Waals surface area contributed by atoms with Crippen molar-refractivity contribution in [1.29, 1.82) is 0 Å². The molecule has 1 aromatic rings. The fraction of sp³-hybridized carbons (Fsp3) is 0.375. The molecule has 1 aromatic heterocycles. The maximum absolute atomic E-state index is 11.5. The van der Waals surface area contributed by atoms with Crippen LogP contribution in [0.2, 0.25) is 0 Å². The molecular formula is C8H10BrN3O2S. The highest BCUT2D eigenvalue weighted by molar-refractivity contribution is 9.10. The summed E-state index contributed by atoms with van der Waals surface area (Å²) in [4.78, 5) is 3.91. The van der Waals surface area contributed by atoms with Crippen molar-refractivity contribution in [3.05, 3.63) is 22.8 Å². The molecule has 1 heterocycles. The average Bonchev–Trinajstić information content (AvgIpc) is 2.91. The van der Waals surface area contributed by atoms with E-state index in [-0.39, 0.29) is 6.04 Å². The number of halogens is 1. The highest BCUT2D eigenvalue weighted by Gasteiger charge is 2.26. The summed E-state index contributed by atoms with van der Waals surface area (Å²) in [7, 11) is -3.46. The molecule has 5 nitrogen and oxygen atoms in total. The van der Waals surface area contributed by atoms with E-state index in [0.29, 0.717) is 5.82 Å². The van der Waals surface area contributed by atoms with Gasteiger partial charge in [0.25, 0.3) is 0 Å². The molecule has 0 unspecified atom stereocenters. The van der Waals surface area contributed by atoms with E-state index in [9.17, 15) is 8.42 Å². The van der Waals surface area contributed by atoms with Gasteiger partial charge in [-0.3, -0.25) is 4.72 Å². The molecule has 1 aliphatic carbocycles. The first-order valence-corrected chi connectivity index (χ1v) is 6.74. The lowest BCUT2D eigenvalue weighted by molar-refractivity contribution is 0.586. The second kappa shape index (κ2) is 4.07. The van der Waals surface area contributed by atoms with Crippen molar-refractivity contribution in [3.8, 4) is 0 Å². The Morgan fingerprint density at radius 2 is 2.13 bits per heavy atom. The maximum atomic E-state index is 11.5. The van der Waals surface area contributed by atoms with Crippen molar-refractivity contribution < 1.29 is 8.42 Å². The number of anilines is 1. The Kier molecular flexibility index (Phi) is 2.94. The van der Waals surface area contributed by atoms with Crippen LogP contribution < -0.4 is 9.44 Å². The Morgan fingerprint density at radius 3 is 2.67 bits per heavy atom. The minimum Gasteiger partial charge on any atom is -0.255 e. The predicted molar refractivity (Wildman–Crippen MR) is 60.6 cm³/mol. The summed E-state index contributed by atoms with van der Waals surface area (Å²) in [5.74, 6) is 0.311. The molecule has 0 amide bonds. The monoisotopic (exact) mass is 291 g/mol. The van der Waals surface area contributed by atoms with Gasteiger partial charge in [0, 0.05) is 16.7 Å². The summed E-state index contributed by atoms with van der Waals surface area (Å²) < 4.78 is 28.6. The molecule has 0 aliphatic heterocycles. The molecule has 0 radical (unpaired) electrons. The normalized spacial score (nSPS) is 16.3. The van der Waals surface area contributed by atoms with E-state index in [4.69, 9.17) is 0 Å². The van der Waals surface area contributed by atoms with Gasteiger partial charge in [-0.25, -0.2) is 4.98 Å². The second-order valence-electron chi connectivity index (χ2n) is 3.36. The molecule has 0 aromatic carbocycles. The number of hydrogen-bond acceptors (Lipinski definition) is 3. The van der Waals surface area contributed by atoms with Crippen molar-refractivity contribution >= 4 is 32.0 Å². The molecule has 82 valence electrons. The molecular weight excluding hydrogens is 282 g/mol. The first-order chi connectivity index (χ1) is 7.05. The predicted octanol–water partition coefficient (Wildman–Crippen LogP) is 1.25. The highest BCUT2D eigenvalue weighted by Crippen LogP contribution is 2.20. The Balaban J connectivity index is 2.03. The number of aromatic nitrogens is 1. The Hall–Kier alpha value is -0.660. The van der Waals surface area contributed by atoms with Crippen LogP contribution in [0.25, 0.3) is 0 Å². The fourth-order valence-electron chi connectivity index (χ4n) is 1.02. The minimum atomic E-state index is -3.46. The van der Waals surface area contributed by atoms with E-state index in [1.54, 1.807) is 12.1 Å². The fourth-order valence-corrected chi connectivity index (χ4v) is 2.39. The number of hydrogen-bond donors (Lipinski definition) is 2. The van der Waals surface area contributed by atoms with Gasteiger partial charge in [0.15, 0.2) is 0 Å². The second-order valence-corrected chi connectivity index (χ2v) is 5.72. The molecule has 0 saturated heterocycles. The third-order valence-corrected chi connectivity index (χ3v) is 3.46. The molecule has 1 aliphatic rings. The summed E-state index contributed by atoms with van der Waals surface area (Å²) in [6, 6.07) is 3.41. The minimum absolute atomic E-state index is 0.0953. The van der Waals surface area contributed by atoms with E-state index >= 15 is 0 Å². The number of pyridine rings is 1. The van der Waals surface area contributed by atoms with Crippen LogP contribution in [0.15, 0.2) is 22.8 Å². The smallest absolute Gasteiger partial charge is 0.255 e. The lowest BCUT2D eigenvalue weighted by atomic mass is 10.5. The van der Waals surface area contributed by atoms with Crippen LogP contribution in [0.4, 0.5) is 5.82 Å². The van der Waals surface area contributed by atoms with Gasteiger partial charge < -0.3 is 0 Å². The topological polar surface area (TPSA) is 71.1 Å². The van der Waals surface area contributed by atoms with Crippen LogP contribution in [0.3, 0.4) is 0 Å². The summed E-state index contributed by atoms with van der Waals surface area (Å²) in [5.41, 5.74) is 0. The Morgan fingerprint density at radius 1 is 1.40 bits per heavy atom. The number of nitrogens with zero attached hydrogens (tertiary/aromatic N) is 1. The Labute approximate surface area is 96.6 Å². The SMILES string of the molecule is O=S(=O)(Nc1ccc(Br)cn1)NC1CC1. The molecule has 0 bridgehead atoms. The van der Waals surface area contributed by atoms with E-state index in [0.717, 1.165) is 17.3 Å². The molecule has 2 N–H and O–H groups in total. The number of nitrogens with one attached hydrogen (secondary N) is 2. The van der Waals surface area contributed by atoms with Crippen LogP contribution in [0.1, 0.15) is 12.8 Å². The van der Waals surface area contributed by atoms with Gasteiger partial charge in [0.1, 0.15) is 5.82 Å². The average molecular weight is 292 g/mol. The third kappa shape index (κ3) is 3.44. The van der Waals surface area contributed by atoms with Crippen molar-refractivity contribution in [2.24, 2.45) is 0 Å². The van der Waals surface area contributed by atoms with Gasteiger partial charge in [0.2, 0.25) is 0 Å². The zero-order chi connectivity index (χ0) is 10.9. The van der Waals surface area contributed by atoms with Gasteiger partial charge in [-0.15, -0.1) is 0 Å². The quantitative estimate of drug-likeness (QED) is 0.877. The standard InChI is InChI=1S/C8H10BrN3O2S/c9-6-1-4-8(10-5-6)12-15(13,14)11-7-2-3-7/h1,4-5,7,11H,2-3H2,(H,10,12). The van der Waals surface area contributed by atoms with Gasteiger partial charge >= 0.3 is 10.2 Å². The first-order valence-electron chi connectivity index (χ1n) is 4.47. The molecule has 0 atom stereocenters. The van der Waals surface area contributed by atoms with Crippen molar-refractivity contribution in [2.75, 3.05) is 4.72 Å². The van der Waals surface area contributed by atoms with E-state index < -0.39 is 10.2 Å². The van der Waals surface area contributed by atoms with Crippen LogP contribution in [0, 0.1) is 0 Å². The molecule has 1 saturated carbocycles. The van der Waals surface area contributed by atoms with Crippen LogP contribution in [0.5, 0.6) is 0 Å². The summed E-state index contributed by atoms with van der Waals surface area (Å²) in [6.07, 6.45) is 3.36. The van der Waals surface area contributed by atoms with Crippen LogP contribution in [-0.2, 0) is 10.2 Å². The summed E-state index contributed by atoms with van der Waals surface area (Å²) in [6.45, 7) is 0. The van der Waals surface area contributed by atoms with Gasteiger partial charge in [-0.05, 0) is 40.9 Å². The zero-order valence-electron chi connectivity index (χ0n) is 7.77. The summed E-state index contributed by atoms with van der Waals surface area (Å²) >= 11 is 3.22. The third-order valence-electron chi connectivity index (χ3n) is 1.87. The van der Waals surface area contributed by atoms with E-state index in [1.165, 1.54) is 6.20 Å². The molecule has 15 heavy (non-hydrogen) atoms. The zero-order valence-corrected chi connectivity index (χ0v) is 10.2. The molecule has 0 spiro atoms. The van der Waals surface area contributed by atoms with Gasteiger partial charge in [-0.1, -0.05) is 0 Å². The maximum Gasteiger partial charge on any atom is 0.300 e. The first kappa shape index (κ1) is 10.8. The highest BCUT2D eigenvalue weighted by atomic mass is 79.9. The van der Waals surface area contributed by atoms with Gasteiger partial charge in [0.05, 0.1) is 0 Å². The lowest BCUT2D eigenvalue weighted by Crippen LogP contribution is -2.32. The van der Waals surface area contributed by atoms with E-state index in [1.807, 2.05) is 0 Å².